The number of nitrogens with zero attached hydrogens (tertiary/aromatic N) is 2. The summed E-state index contributed by atoms with van der Waals surface area (Å²) in [5.41, 5.74) is 5.57. The Kier molecular flexibility index (Phi) is 5.45. The lowest BCUT2D eigenvalue weighted by Gasteiger charge is -2.13. The number of nitrogens with two attached hydrogens (primary N) is 1. The smallest absolute Gasteiger partial charge is 0.279 e. The summed E-state index contributed by atoms with van der Waals surface area (Å²) in [4.78, 5) is 14.2. The first-order valence-corrected chi connectivity index (χ1v) is 10.4. The number of fused-ring (bicyclic) bond motifs is 1. The summed E-state index contributed by atoms with van der Waals surface area (Å²) in [6.07, 6.45) is 0. The Hall–Kier alpha value is -2.82. The van der Waals surface area contributed by atoms with Crippen LogP contribution in [0.15, 0.2) is 52.5 Å². The van der Waals surface area contributed by atoms with Gasteiger partial charge in [-0.15, -0.1) is 0 Å². The van der Waals surface area contributed by atoms with E-state index in [-0.39, 0.29) is 27.3 Å². The molecule has 0 unspecified atom stereocenters. The van der Waals surface area contributed by atoms with Crippen LogP contribution in [-0.4, -0.2) is 31.7 Å². The summed E-state index contributed by atoms with van der Waals surface area (Å²) in [5, 5.41) is 12.2. The van der Waals surface area contributed by atoms with E-state index >= 15 is 0 Å². The van der Waals surface area contributed by atoms with Crippen molar-refractivity contribution >= 4 is 50.3 Å². The van der Waals surface area contributed by atoms with Gasteiger partial charge in [-0.3, -0.25) is 10.2 Å². The van der Waals surface area contributed by atoms with E-state index < -0.39 is 10.0 Å². The quantitative estimate of drug-likeness (QED) is 0.515. The first-order valence-electron chi connectivity index (χ1n) is 8.41. The first kappa shape index (κ1) is 19.9. The molecule has 0 aromatic heterocycles. The van der Waals surface area contributed by atoms with Crippen molar-refractivity contribution in [2.24, 2.45) is 10.2 Å². The number of amides is 1. The van der Waals surface area contributed by atoms with Crippen LogP contribution in [0.1, 0.15) is 18.1 Å². The highest BCUT2D eigenvalue weighted by Gasteiger charge is 2.33. The minimum atomic E-state index is -3.92. The molecule has 0 saturated carbocycles. The maximum absolute atomic E-state index is 12.7. The van der Waals surface area contributed by atoms with E-state index in [1.54, 1.807) is 17.0 Å². The molecule has 0 atom stereocenters. The number of hydrogen-bond donors (Lipinski definition) is 3. The highest BCUT2D eigenvalue weighted by atomic mass is 32.2. The molecule has 3 rings (SSSR count). The van der Waals surface area contributed by atoms with Gasteiger partial charge in [-0.05, 0) is 50.3 Å². The lowest BCUT2D eigenvalue weighted by Crippen LogP contribution is -2.32. The van der Waals surface area contributed by atoms with E-state index in [1.807, 2.05) is 32.0 Å². The molecule has 1 aliphatic heterocycles. The van der Waals surface area contributed by atoms with Crippen molar-refractivity contribution in [2.75, 3.05) is 16.8 Å². The molecule has 1 aliphatic rings. The average Bonchev–Trinajstić information content (AvgIpc) is 2.89. The number of anilines is 2. The number of hydrazone groups is 1. The Morgan fingerprint density at radius 1 is 1.25 bits per heavy atom. The number of carbonyl (C=O) groups is 1. The van der Waals surface area contributed by atoms with Gasteiger partial charge in [0.1, 0.15) is 4.90 Å². The minimum Gasteiger partial charge on any atom is -0.330 e. The molecular weight excluding hydrogens is 398 g/mol. The third kappa shape index (κ3) is 3.88. The molecule has 0 fully saturated rings. The van der Waals surface area contributed by atoms with Gasteiger partial charge in [-0.2, -0.15) is 5.10 Å². The molecule has 28 heavy (non-hydrogen) atoms. The van der Waals surface area contributed by atoms with Crippen molar-refractivity contribution in [3.63, 3.8) is 0 Å². The Balaban J connectivity index is 1.84. The monoisotopic (exact) mass is 417 g/mol. The van der Waals surface area contributed by atoms with Crippen molar-refractivity contribution < 1.29 is 13.2 Å². The van der Waals surface area contributed by atoms with Crippen LogP contribution in [0.3, 0.4) is 0 Å². The van der Waals surface area contributed by atoms with Crippen LogP contribution in [0.2, 0.25) is 0 Å². The van der Waals surface area contributed by atoms with Crippen molar-refractivity contribution in [1.29, 1.82) is 0 Å². The van der Waals surface area contributed by atoms with E-state index in [4.69, 9.17) is 17.4 Å². The highest BCUT2D eigenvalue weighted by molar-refractivity contribution is 7.89. The van der Waals surface area contributed by atoms with Crippen LogP contribution in [0, 0.1) is 6.92 Å². The molecule has 4 N–H and O–H groups in total. The number of likely N-dealkylation sites (N-methyl/N-ethyl adjacent to an activating group) is 1. The number of benzene rings is 2. The molecule has 1 amide bonds. The molecule has 2 aromatic carbocycles. The molecule has 1 heterocycles. The number of nitrogens with one attached hydrogen (secondary N) is 2. The number of primary sulfonamides is 1. The minimum absolute atomic E-state index is 0.0283. The van der Waals surface area contributed by atoms with Crippen molar-refractivity contribution in [3.8, 4) is 0 Å². The number of para-hydroxylation sites is 1. The third-order valence-electron chi connectivity index (χ3n) is 4.17. The van der Waals surface area contributed by atoms with Crippen LogP contribution in [0.25, 0.3) is 0 Å². The molecule has 146 valence electrons. The maximum Gasteiger partial charge on any atom is 0.279 e. The number of aryl methyl sites for hydroxylation is 1. The summed E-state index contributed by atoms with van der Waals surface area (Å²) in [7, 11) is -3.92. The average molecular weight is 418 g/mol. The van der Waals surface area contributed by atoms with Gasteiger partial charge in [-0.25, -0.2) is 13.6 Å². The lowest BCUT2D eigenvalue weighted by atomic mass is 10.1. The predicted octanol–water partition coefficient (Wildman–Crippen LogP) is 1.70. The van der Waals surface area contributed by atoms with Gasteiger partial charge in [0.15, 0.2) is 10.8 Å². The second kappa shape index (κ2) is 7.66. The fourth-order valence-electron chi connectivity index (χ4n) is 2.92. The second-order valence-corrected chi connectivity index (χ2v) is 8.08. The normalized spacial score (nSPS) is 14.9. The molecule has 10 heteroatoms. The van der Waals surface area contributed by atoms with Crippen LogP contribution in [0.5, 0.6) is 0 Å². The number of thiocarbonyl (C=S) groups is 1. The number of rotatable bonds is 4. The lowest BCUT2D eigenvalue weighted by molar-refractivity contribution is -0.112. The summed E-state index contributed by atoms with van der Waals surface area (Å²) in [6, 6.07) is 11.8. The van der Waals surface area contributed by atoms with Gasteiger partial charge in [0.2, 0.25) is 10.0 Å². The molecule has 0 radical (unpaired) electrons. The Morgan fingerprint density at radius 2 is 1.96 bits per heavy atom. The Labute approximate surface area is 168 Å². The summed E-state index contributed by atoms with van der Waals surface area (Å²) in [5.74, 6) is -0.233. The number of hydrogen-bond acceptors (Lipinski definition) is 5. The maximum atomic E-state index is 12.7. The highest BCUT2D eigenvalue weighted by Crippen LogP contribution is 2.29. The molecule has 0 spiro atoms. The zero-order valence-electron chi connectivity index (χ0n) is 15.3. The first-order chi connectivity index (χ1) is 13.2. The molecular formula is C18H19N5O3S2. The molecule has 0 saturated heterocycles. The van der Waals surface area contributed by atoms with Crippen molar-refractivity contribution in [3.05, 3.63) is 53.6 Å². The fourth-order valence-corrected chi connectivity index (χ4v) is 3.77. The second-order valence-electron chi connectivity index (χ2n) is 6.14. The van der Waals surface area contributed by atoms with Crippen LogP contribution in [-0.2, 0) is 14.8 Å². The summed E-state index contributed by atoms with van der Waals surface area (Å²) >= 11 is 5.18. The van der Waals surface area contributed by atoms with Gasteiger partial charge >= 0.3 is 0 Å². The summed E-state index contributed by atoms with van der Waals surface area (Å²) in [6.45, 7) is 4.33. The SMILES string of the molecule is CCN1C(=O)C(=NNC(=S)Nc2ccccc2S(N)(=O)=O)c2cc(C)ccc21. The molecule has 8 nitrogen and oxygen atoms in total. The van der Waals surface area contributed by atoms with Crippen LogP contribution in [0.4, 0.5) is 11.4 Å². The largest absolute Gasteiger partial charge is 0.330 e. The Bertz CT molecular complexity index is 1100. The van der Waals surface area contributed by atoms with E-state index in [2.05, 4.69) is 15.8 Å². The number of sulfonamides is 1. The van der Waals surface area contributed by atoms with Crippen molar-refractivity contribution in [2.45, 2.75) is 18.7 Å². The van der Waals surface area contributed by atoms with Gasteiger partial charge in [0, 0.05) is 12.1 Å². The van der Waals surface area contributed by atoms with Gasteiger partial charge < -0.3 is 10.2 Å². The van der Waals surface area contributed by atoms with Gasteiger partial charge in [-0.1, -0.05) is 23.8 Å². The van der Waals surface area contributed by atoms with Crippen LogP contribution < -0.4 is 20.8 Å². The Morgan fingerprint density at radius 3 is 2.64 bits per heavy atom. The van der Waals surface area contributed by atoms with E-state index in [0.29, 0.717) is 12.1 Å². The van der Waals surface area contributed by atoms with E-state index in [0.717, 1.165) is 11.3 Å². The zero-order chi connectivity index (χ0) is 20.5. The molecule has 2 aromatic rings. The summed E-state index contributed by atoms with van der Waals surface area (Å²) < 4.78 is 23.4. The van der Waals surface area contributed by atoms with E-state index in [9.17, 15) is 13.2 Å². The van der Waals surface area contributed by atoms with Crippen LogP contribution >= 0.6 is 12.2 Å². The fraction of sp³-hybridized carbons (Fsp3) is 0.167. The zero-order valence-corrected chi connectivity index (χ0v) is 16.9. The van der Waals surface area contributed by atoms with Gasteiger partial charge in [0.25, 0.3) is 5.91 Å². The molecule has 0 bridgehead atoms. The van der Waals surface area contributed by atoms with Gasteiger partial charge in [0.05, 0.1) is 11.4 Å². The van der Waals surface area contributed by atoms with E-state index in [1.165, 1.54) is 12.1 Å². The van der Waals surface area contributed by atoms with Crippen molar-refractivity contribution in [1.82, 2.24) is 5.43 Å². The number of carbonyl (C=O) groups excluding carboxylic acids is 1. The molecule has 0 aliphatic carbocycles. The topological polar surface area (TPSA) is 117 Å². The predicted molar refractivity (Wildman–Crippen MR) is 113 cm³/mol. The standard InChI is InChI=1S/C18H19N5O3S2/c1-3-23-14-9-8-11(2)10-12(14)16(17(23)24)21-22-18(27)20-13-6-4-5-7-15(13)28(19,25)26/h4-10H,3H2,1-2H3,(H2,19,25,26)(H2,20,22,27). The third-order valence-corrected chi connectivity index (χ3v) is 5.34.